The molecule has 2 N–H and O–H groups in total. The quantitative estimate of drug-likeness (QED) is 0.170. The van der Waals surface area contributed by atoms with Crippen LogP contribution in [0.25, 0.3) is 54.2 Å². The number of hydrogen-bond donors (Lipinski definition) is 2. The Balaban J connectivity index is 0.000000134. The van der Waals surface area contributed by atoms with E-state index >= 15 is 0 Å². The van der Waals surface area contributed by atoms with Gasteiger partial charge in [0.15, 0.2) is 0 Å². The maximum Gasteiger partial charge on any atom is 0.488 e. The molecule has 8 aromatic rings. The lowest BCUT2D eigenvalue weighted by molar-refractivity contribution is 0.426. The number of halogens is 5. The predicted molar refractivity (Wildman–Crippen MR) is 223 cm³/mol. The molecule has 0 spiro atoms. The zero-order valence-corrected chi connectivity index (χ0v) is 33.1. The molecule has 8 aromatic carbocycles. The van der Waals surface area contributed by atoms with E-state index in [0.717, 1.165) is 33.1 Å². The predicted octanol–water partition coefficient (Wildman–Crippen LogP) is 12.8. The molecule has 48 heavy (non-hydrogen) atoms. The van der Waals surface area contributed by atoms with Gasteiger partial charge >= 0.3 is 7.12 Å². The molecule has 0 aromatic heterocycles. The molecule has 0 saturated heterocycles. The van der Waals surface area contributed by atoms with E-state index in [1.807, 2.05) is 24.3 Å². The van der Waals surface area contributed by atoms with Crippen LogP contribution in [0.2, 0.25) is 0 Å². The molecule has 0 saturated carbocycles. The molecule has 0 heterocycles. The highest BCUT2D eigenvalue weighted by Crippen LogP contribution is 2.30. The van der Waals surface area contributed by atoms with Crippen LogP contribution in [0.1, 0.15) is 0 Å². The van der Waals surface area contributed by atoms with Crippen molar-refractivity contribution < 1.29 is 10.0 Å². The third-order valence-corrected chi connectivity index (χ3v) is 10.3. The van der Waals surface area contributed by atoms with Crippen LogP contribution in [0.4, 0.5) is 0 Å². The molecular weight excluding hydrogens is 923 g/mol. The number of hydrogen-bond acceptors (Lipinski definition) is 2. The van der Waals surface area contributed by atoms with E-state index in [1.165, 1.54) is 43.4 Å². The van der Waals surface area contributed by atoms with Crippen LogP contribution in [0.5, 0.6) is 0 Å². The first-order chi connectivity index (χ1) is 23.1. The van der Waals surface area contributed by atoms with Crippen molar-refractivity contribution in [3.8, 4) is 11.1 Å². The molecule has 0 radical (unpaired) electrons. The molecule has 8 rings (SSSR count). The van der Waals surface area contributed by atoms with Gasteiger partial charge in [-0.05, 0) is 132 Å². The van der Waals surface area contributed by atoms with Crippen LogP contribution >= 0.6 is 79.6 Å². The highest BCUT2D eigenvalue weighted by molar-refractivity contribution is 9.11. The molecule has 8 heteroatoms. The van der Waals surface area contributed by atoms with Gasteiger partial charge in [-0.15, -0.1) is 0 Å². The Kier molecular flexibility index (Phi) is 11.5. The van der Waals surface area contributed by atoms with Gasteiger partial charge in [0.25, 0.3) is 0 Å². The summed E-state index contributed by atoms with van der Waals surface area (Å²) < 4.78 is 5.49. The molecule has 0 aliphatic rings. The smallest absolute Gasteiger partial charge is 0.423 e. The fourth-order valence-corrected chi connectivity index (χ4v) is 7.27. The molecular formula is C40H26BBr5O2. The third-order valence-electron chi connectivity index (χ3n) is 7.83. The number of benzene rings is 8. The van der Waals surface area contributed by atoms with E-state index in [2.05, 4.69) is 189 Å². The van der Waals surface area contributed by atoms with Crippen LogP contribution in [0.15, 0.2) is 168 Å². The molecule has 0 atom stereocenters. The van der Waals surface area contributed by atoms with Gasteiger partial charge in [0, 0.05) is 22.4 Å². The normalized spacial score (nSPS) is 10.8. The van der Waals surface area contributed by atoms with E-state index in [1.54, 1.807) is 12.1 Å². The van der Waals surface area contributed by atoms with Gasteiger partial charge in [0.05, 0.1) is 0 Å². The topological polar surface area (TPSA) is 40.5 Å². The van der Waals surface area contributed by atoms with Crippen molar-refractivity contribution in [3.63, 3.8) is 0 Å². The van der Waals surface area contributed by atoms with Gasteiger partial charge in [-0.3, -0.25) is 0 Å². The summed E-state index contributed by atoms with van der Waals surface area (Å²) in [4.78, 5) is 0. The molecule has 0 unspecified atom stereocenters. The highest BCUT2D eigenvalue weighted by atomic mass is 79.9. The summed E-state index contributed by atoms with van der Waals surface area (Å²) in [5, 5.41) is 27.6. The summed E-state index contributed by atoms with van der Waals surface area (Å²) >= 11 is 17.3. The minimum Gasteiger partial charge on any atom is -0.423 e. The van der Waals surface area contributed by atoms with Crippen molar-refractivity contribution >= 4 is 135 Å². The number of fused-ring (bicyclic) bond motifs is 4. The minimum atomic E-state index is -1.40. The van der Waals surface area contributed by atoms with Crippen LogP contribution in [-0.2, 0) is 0 Å². The summed E-state index contributed by atoms with van der Waals surface area (Å²) in [6.45, 7) is 0. The summed E-state index contributed by atoms with van der Waals surface area (Å²) in [5.74, 6) is 0. The Bertz CT molecular complexity index is 2290. The van der Waals surface area contributed by atoms with Gasteiger partial charge in [-0.1, -0.05) is 152 Å². The molecule has 2 nitrogen and oxygen atoms in total. The molecule has 0 aliphatic heterocycles. The first kappa shape index (κ1) is 35.0. The molecule has 0 amide bonds. The lowest BCUT2D eigenvalue weighted by atomic mass is 9.79. The Morgan fingerprint density at radius 2 is 0.542 bits per heavy atom. The Labute approximate surface area is 321 Å². The molecule has 0 fully saturated rings. The summed E-state index contributed by atoms with van der Waals surface area (Å²) in [6, 6.07) is 49.8. The van der Waals surface area contributed by atoms with Crippen molar-refractivity contribution in [2.24, 2.45) is 0 Å². The second-order valence-corrected chi connectivity index (χ2v) is 15.8. The van der Waals surface area contributed by atoms with Crippen molar-refractivity contribution in [3.05, 3.63) is 168 Å². The van der Waals surface area contributed by atoms with Crippen molar-refractivity contribution in [2.45, 2.75) is 0 Å². The van der Waals surface area contributed by atoms with E-state index in [0.29, 0.717) is 5.46 Å². The molecule has 236 valence electrons. The largest absolute Gasteiger partial charge is 0.488 e. The molecule has 0 aliphatic carbocycles. The summed E-state index contributed by atoms with van der Waals surface area (Å²) in [7, 11) is -1.40. The summed E-state index contributed by atoms with van der Waals surface area (Å²) in [5.41, 5.74) is 3.01. The van der Waals surface area contributed by atoms with Crippen LogP contribution in [0.3, 0.4) is 0 Å². The maximum atomic E-state index is 8.98. The average Bonchev–Trinajstić information content (AvgIpc) is 3.08. The van der Waals surface area contributed by atoms with Gasteiger partial charge in [0.2, 0.25) is 0 Å². The van der Waals surface area contributed by atoms with E-state index in [4.69, 9.17) is 10.0 Å². The van der Waals surface area contributed by atoms with Gasteiger partial charge < -0.3 is 10.0 Å². The van der Waals surface area contributed by atoms with E-state index in [-0.39, 0.29) is 0 Å². The standard InChI is InChI=1S/C20H12Br2.C10H8BBrO2.C10H6Br2/c21-19-7-5-15-9-13(1-3-17(15)11-19)14-2-4-18-12-20(22)8-6-16(18)10-14;12-10-4-2-7-5-9(11(13)14)3-1-8(7)6-10;11-9-3-1-7-5-10(12)4-2-8(7)6-9/h1-12H;1-6,13-14H;1-6H. The fraction of sp³-hybridized carbons (Fsp3) is 0. The van der Waals surface area contributed by atoms with Gasteiger partial charge in [-0.25, -0.2) is 0 Å². The zero-order valence-electron chi connectivity index (χ0n) is 25.2. The second kappa shape index (κ2) is 15.8. The van der Waals surface area contributed by atoms with E-state index in [9.17, 15) is 0 Å². The average molecular weight is 949 g/mol. The van der Waals surface area contributed by atoms with Crippen LogP contribution < -0.4 is 5.46 Å². The van der Waals surface area contributed by atoms with Gasteiger partial charge in [-0.2, -0.15) is 0 Å². The first-order valence-corrected chi connectivity index (χ1v) is 18.9. The monoisotopic (exact) mass is 944 g/mol. The summed E-state index contributed by atoms with van der Waals surface area (Å²) in [6.07, 6.45) is 0. The number of rotatable bonds is 2. The Morgan fingerprint density at radius 3 is 0.854 bits per heavy atom. The minimum absolute atomic E-state index is 0.514. The van der Waals surface area contributed by atoms with Crippen molar-refractivity contribution in [1.29, 1.82) is 0 Å². The zero-order chi connectivity index (χ0) is 33.8. The Hall–Kier alpha value is -2.82. The first-order valence-electron chi connectivity index (χ1n) is 14.9. The SMILES string of the molecule is Brc1ccc2cc(-c3ccc4cc(Br)ccc4c3)ccc2c1.Brc1ccc2cc(Br)ccc2c1.OB(O)c1ccc2cc(Br)ccc2c1. The van der Waals surface area contributed by atoms with Crippen LogP contribution in [-0.4, -0.2) is 17.2 Å². The van der Waals surface area contributed by atoms with Gasteiger partial charge in [0.1, 0.15) is 0 Å². The van der Waals surface area contributed by atoms with Crippen LogP contribution in [0, 0.1) is 0 Å². The Morgan fingerprint density at radius 1 is 0.292 bits per heavy atom. The fourth-order valence-electron chi connectivity index (χ4n) is 5.38. The van der Waals surface area contributed by atoms with Crippen molar-refractivity contribution in [1.82, 2.24) is 0 Å². The van der Waals surface area contributed by atoms with Crippen molar-refractivity contribution in [2.75, 3.05) is 0 Å². The maximum absolute atomic E-state index is 8.98. The molecule has 0 bridgehead atoms. The lowest BCUT2D eigenvalue weighted by Crippen LogP contribution is -2.29. The second-order valence-electron chi connectivity index (χ2n) is 11.2. The highest BCUT2D eigenvalue weighted by Gasteiger charge is 2.10. The third kappa shape index (κ3) is 8.85. The van der Waals surface area contributed by atoms with E-state index < -0.39 is 7.12 Å². The lowest BCUT2D eigenvalue weighted by Gasteiger charge is -2.07.